The minimum Gasteiger partial charge on any atom is -0.428 e. The van der Waals surface area contributed by atoms with Gasteiger partial charge in [-0.25, -0.2) is 4.98 Å². The molecule has 0 spiro atoms. The lowest BCUT2D eigenvalue weighted by molar-refractivity contribution is 0.573. The summed E-state index contributed by atoms with van der Waals surface area (Å²) < 4.78 is 6.74. The van der Waals surface area contributed by atoms with Crippen molar-refractivity contribution in [3.63, 3.8) is 0 Å². The van der Waals surface area contributed by atoms with Crippen molar-refractivity contribution >= 4 is 11.7 Å². The van der Waals surface area contributed by atoms with Crippen molar-refractivity contribution in [2.45, 2.75) is 6.54 Å². The highest BCUT2D eigenvalue weighted by Gasteiger charge is 2.04. The van der Waals surface area contributed by atoms with Crippen LogP contribution in [0, 0.1) is 0 Å². The molecule has 74 valence electrons. The molecule has 0 aliphatic heterocycles. The molecule has 6 nitrogen and oxygen atoms in total. The Balaban J connectivity index is 2.20. The van der Waals surface area contributed by atoms with Crippen molar-refractivity contribution in [2.75, 3.05) is 5.32 Å². The van der Waals surface area contributed by atoms with E-state index in [1.165, 1.54) is 6.39 Å². The fourth-order valence-electron chi connectivity index (χ4n) is 1.15. The van der Waals surface area contributed by atoms with Gasteiger partial charge in [0.2, 0.25) is 5.88 Å². The Labute approximate surface area is 80.7 Å². The lowest BCUT2D eigenvalue weighted by Crippen LogP contribution is -2.00. The molecule has 0 aliphatic rings. The minimum absolute atomic E-state index is 0.423. The monoisotopic (exact) mass is 193 g/mol. The lowest BCUT2D eigenvalue weighted by atomic mass is 10.4. The van der Waals surface area contributed by atoms with E-state index in [4.69, 9.17) is 10.2 Å². The quantitative estimate of drug-likeness (QED) is 0.746. The average Bonchev–Trinajstić information content (AvgIpc) is 2.78. The largest absolute Gasteiger partial charge is 0.428 e. The molecule has 0 atom stereocenters. The van der Waals surface area contributed by atoms with Crippen LogP contribution in [0.4, 0.5) is 11.7 Å². The minimum atomic E-state index is 0.423. The zero-order chi connectivity index (χ0) is 9.97. The first-order valence-electron chi connectivity index (χ1n) is 4.18. The molecule has 2 heterocycles. The molecule has 14 heavy (non-hydrogen) atoms. The topological polar surface area (TPSA) is 81.9 Å². The Morgan fingerprint density at radius 3 is 3.07 bits per heavy atom. The van der Waals surface area contributed by atoms with Crippen LogP contribution in [0.15, 0.2) is 23.1 Å². The van der Waals surface area contributed by atoms with Crippen LogP contribution in [-0.2, 0) is 13.6 Å². The van der Waals surface area contributed by atoms with E-state index in [2.05, 4.69) is 15.4 Å². The van der Waals surface area contributed by atoms with E-state index in [0.29, 0.717) is 12.4 Å². The van der Waals surface area contributed by atoms with Gasteiger partial charge in [0, 0.05) is 19.7 Å². The third-order valence-corrected chi connectivity index (χ3v) is 1.82. The van der Waals surface area contributed by atoms with E-state index in [9.17, 15) is 0 Å². The number of nitrogens with one attached hydrogen (secondary N) is 1. The van der Waals surface area contributed by atoms with Crippen molar-refractivity contribution in [3.05, 3.63) is 24.4 Å². The van der Waals surface area contributed by atoms with Gasteiger partial charge in [-0.15, -0.1) is 0 Å². The molecular weight excluding hydrogens is 182 g/mol. The van der Waals surface area contributed by atoms with Gasteiger partial charge in [0.25, 0.3) is 0 Å². The number of oxazole rings is 1. The average molecular weight is 193 g/mol. The zero-order valence-electron chi connectivity index (χ0n) is 7.77. The maximum atomic E-state index is 5.47. The molecule has 2 aromatic heterocycles. The number of aryl methyl sites for hydroxylation is 1. The number of aromatic nitrogens is 3. The van der Waals surface area contributed by atoms with E-state index in [-0.39, 0.29) is 0 Å². The van der Waals surface area contributed by atoms with Crippen LogP contribution in [0.2, 0.25) is 0 Å². The summed E-state index contributed by atoms with van der Waals surface area (Å²) in [4.78, 5) is 3.79. The number of anilines is 2. The van der Waals surface area contributed by atoms with E-state index >= 15 is 0 Å². The number of hydrogen-bond acceptors (Lipinski definition) is 5. The highest BCUT2D eigenvalue weighted by Crippen LogP contribution is 2.15. The predicted molar refractivity (Wildman–Crippen MR) is 50.9 cm³/mol. The predicted octanol–water partition coefficient (Wildman–Crippen LogP) is 0.610. The van der Waals surface area contributed by atoms with Gasteiger partial charge in [-0.05, 0) is 0 Å². The Morgan fingerprint density at radius 1 is 1.64 bits per heavy atom. The maximum Gasteiger partial charge on any atom is 0.218 e. The number of nitrogens with zero attached hydrogens (tertiary/aromatic N) is 3. The van der Waals surface area contributed by atoms with Crippen LogP contribution in [0.1, 0.15) is 5.69 Å². The first-order chi connectivity index (χ1) is 6.79. The van der Waals surface area contributed by atoms with Gasteiger partial charge in [0.15, 0.2) is 6.39 Å². The molecular formula is C8H11N5O. The van der Waals surface area contributed by atoms with Crippen LogP contribution in [-0.4, -0.2) is 14.8 Å². The second kappa shape index (κ2) is 3.51. The van der Waals surface area contributed by atoms with Crippen LogP contribution < -0.4 is 11.1 Å². The summed E-state index contributed by atoms with van der Waals surface area (Å²) in [6.45, 7) is 0.423. The SMILES string of the molecule is Cn1nc(CN)cc1Nc1cnco1. The molecule has 6 heteroatoms. The van der Waals surface area contributed by atoms with Gasteiger partial charge in [0.05, 0.1) is 11.9 Å². The van der Waals surface area contributed by atoms with E-state index in [0.717, 1.165) is 11.5 Å². The van der Waals surface area contributed by atoms with Gasteiger partial charge in [-0.2, -0.15) is 5.10 Å². The summed E-state index contributed by atoms with van der Waals surface area (Å²) >= 11 is 0. The summed E-state index contributed by atoms with van der Waals surface area (Å²) in [7, 11) is 1.83. The maximum absolute atomic E-state index is 5.47. The van der Waals surface area contributed by atoms with Crippen LogP contribution >= 0.6 is 0 Å². The molecule has 0 unspecified atom stereocenters. The van der Waals surface area contributed by atoms with Crippen molar-refractivity contribution in [2.24, 2.45) is 12.8 Å². The second-order valence-electron chi connectivity index (χ2n) is 2.84. The Bertz CT molecular complexity index is 405. The molecule has 0 radical (unpaired) electrons. The van der Waals surface area contributed by atoms with E-state index in [1.54, 1.807) is 10.9 Å². The van der Waals surface area contributed by atoms with Gasteiger partial charge in [-0.3, -0.25) is 4.68 Å². The number of nitrogens with two attached hydrogens (primary N) is 1. The zero-order valence-corrected chi connectivity index (χ0v) is 7.77. The summed E-state index contributed by atoms with van der Waals surface area (Å²) in [5, 5.41) is 7.20. The van der Waals surface area contributed by atoms with E-state index < -0.39 is 0 Å². The molecule has 0 fully saturated rings. The highest BCUT2D eigenvalue weighted by molar-refractivity contribution is 5.49. The first kappa shape index (κ1) is 8.76. The molecule has 2 rings (SSSR count). The third-order valence-electron chi connectivity index (χ3n) is 1.82. The van der Waals surface area contributed by atoms with Crippen molar-refractivity contribution in [1.82, 2.24) is 14.8 Å². The third kappa shape index (κ3) is 1.60. The highest BCUT2D eigenvalue weighted by atomic mass is 16.4. The molecule has 0 amide bonds. The summed E-state index contributed by atoms with van der Waals surface area (Å²) in [6.07, 6.45) is 2.96. The molecule has 0 bridgehead atoms. The first-order valence-corrected chi connectivity index (χ1v) is 4.18. The molecule has 2 aromatic rings. The Hall–Kier alpha value is -1.82. The van der Waals surface area contributed by atoms with Crippen molar-refractivity contribution in [1.29, 1.82) is 0 Å². The molecule has 0 aliphatic carbocycles. The second-order valence-corrected chi connectivity index (χ2v) is 2.84. The van der Waals surface area contributed by atoms with Gasteiger partial charge in [-0.1, -0.05) is 0 Å². The standard InChI is InChI=1S/C8H11N5O/c1-13-7(2-6(3-9)12-13)11-8-4-10-5-14-8/h2,4-5,11H,3,9H2,1H3. The molecule has 0 saturated carbocycles. The Morgan fingerprint density at radius 2 is 2.50 bits per heavy atom. The van der Waals surface area contributed by atoms with Crippen LogP contribution in [0.3, 0.4) is 0 Å². The van der Waals surface area contributed by atoms with E-state index in [1.807, 2.05) is 13.1 Å². The van der Waals surface area contributed by atoms with Crippen LogP contribution in [0.5, 0.6) is 0 Å². The summed E-state index contributed by atoms with van der Waals surface area (Å²) in [5.74, 6) is 1.40. The normalized spacial score (nSPS) is 10.4. The molecule has 3 N–H and O–H groups in total. The molecule has 0 saturated heterocycles. The van der Waals surface area contributed by atoms with Gasteiger partial charge >= 0.3 is 0 Å². The van der Waals surface area contributed by atoms with Crippen molar-refractivity contribution < 1.29 is 4.42 Å². The Kier molecular flexibility index (Phi) is 2.19. The fraction of sp³-hybridized carbons (Fsp3) is 0.250. The number of rotatable bonds is 3. The van der Waals surface area contributed by atoms with Crippen molar-refractivity contribution in [3.8, 4) is 0 Å². The smallest absolute Gasteiger partial charge is 0.218 e. The van der Waals surface area contributed by atoms with Crippen LogP contribution in [0.25, 0.3) is 0 Å². The lowest BCUT2D eigenvalue weighted by Gasteiger charge is -2.00. The summed E-state index contributed by atoms with van der Waals surface area (Å²) in [5.41, 5.74) is 6.29. The number of hydrogen-bond donors (Lipinski definition) is 2. The fourth-order valence-corrected chi connectivity index (χ4v) is 1.15. The van der Waals surface area contributed by atoms with Gasteiger partial charge in [0.1, 0.15) is 5.82 Å². The summed E-state index contributed by atoms with van der Waals surface area (Å²) in [6, 6.07) is 1.86. The molecule has 0 aromatic carbocycles. The van der Waals surface area contributed by atoms with Gasteiger partial charge < -0.3 is 15.5 Å².